The Morgan fingerprint density at radius 2 is 1.67 bits per heavy atom. The first-order chi connectivity index (χ1) is 8.63. The minimum absolute atomic E-state index is 0.406. The van der Waals surface area contributed by atoms with Crippen LogP contribution in [-0.4, -0.2) is 56.9 Å². The molecule has 0 saturated carbocycles. The summed E-state index contributed by atoms with van der Waals surface area (Å²) in [7, 11) is 0. The summed E-state index contributed by atoms with van der Waals surface area (Å²) in [6.07, 6.45) is -4.69. The number of hydrogen-bond donors (Lipinski definition) is 4. The molecule has 1 fully saturated rings. The van der Waals surface area contributed by atoms with Gasteiger partial charge < -0.3 is 25.2 Å². The number of aliphatic hydroxyl groups is 4. The van der Waals surface area contributed by atoms with E-state index >= 15 is 0 Å². The van der Waals surface area contributed by atoms with Gasteiger partial charge in [-0.3, -0.25) is 0 Å². The molecule has 5 unspecified atom stereocenters. The van der Waals surface area contributed by atoms with E-state index in [-0.39, 0.29) is 0 Å². The van der Waals surface area contributed by atoms with Crippen molar-refractivity contribution in [2.24, 2.45) is 0 Å². The first-order valence-electron chi connectivity index (χ1n) is 5.65. The predicted molar refractivity (Wildman–Crippen MR) is 66.1 cm³/mol. The minimum atomic E-state index is -1.32. The standard InChI is InChI=1S/C12H16O5S/c13-6-8-9(14)10(15)11(16)12(17-8)18-7-4-2-1-3-5-7/h1-5,8-16H,6H2. The Balaban J connectivity index is 2.08. The molecule has 6 heteroatoms. The number of hydrogen-bond acceptors (Lipinski definition) is 6. The number of thioether (sulfide) groups is 1. The van der Waals surface area contributed by atoms with Gasteiger partial charge in [-0.15, -0.1) is 0 Å². The van der Waals surface area contributed by atoms with Crippen LogP contribution in [-0.2, 0) is 4.74 Å². The van der Waals surface area contributed by atoms with Gasteiger partial charge in [-0.2, -0.15) is 0 Å². The van der Waals surface area contributed by atoms with Gasteiger partial charge in [0.1, 0.15) is 29.9 Å². The maximum absolute atomic E-state index is 9.85. The molecule has 0 bridgehead atoms. The van der Waals surface area contributed by atoms with E-state index in [1.165, 1.54) is 11.8 Å². The second-order valence-corrected chi connectivity index (χ2v) is 5.30. The van der Waals surface area contributed by atoms with Gasteiger partial charge in [0, 0.05) is 4.90 Å². The monoisotopic (exact) mass is 272 g/mol. The molecule has 0 aliphatic carbocycles. The van der Waals surface area contributed by atoms with Crippen molar-refractivity contribution >= 4 is 11.8 Å². The van der Waals surface area contributed by atoms with Gasteiger partial charge in [0.2, 0.25) is 0 Å². The van der Waals surface area contributed by atoms with Crippen LogP contribution in [0.1, 0.15) is 0 Å². The zero-order chi connectivity index (χ0) is 13.1. The highest BCUT2D eigenvalue weighted by Crippen LogP contribution is 2.32. The molecule has 1 saturated heterocycles. The van der Waals surface area contributed by atoms with Crippen molar-refractivity contribution < 1.29 is 25.2 Å². The van der Waals surface area contributed by atoms with E-state index in [9.17, 15) is 15.3 Å². The third-order valence-electron chi connectivity index (χ3n) is 2.84. The normalized spacial score (nSPS) is 36.6. The second-order valence-electron chi connectivity index (χ2n) is 4.13. The lowest BCUT2D eigenvalue weighted by Gasteiger charge is -2.39. The van der Waals surface area contributed by atoms with Crippen molar-refractivity contribution in [3.63, 3.8) is 0 Å². The second kappa shape index (κ2) is 6.01. The third-order valence-corrected chi connectivity index (χ3v) is 4.01. The largest absolute Gasteiger partial charge is 0.394 e. The van der Waals surface area contributed by atoms with Gasteiger partial charge in [0.15, 0.2) is 0 Å². The molecule has 0 amide bonds. The first kappa shape index (κ1) is 13.8. The molecule has 1 aromatic carbocycles. The van der Waals surface area contributed by atoms with Gasteiger partial charge in [0.25, 0.3) is 0 Å². The zero-order valence-corrected chi connectivity index (χ0v) is 10.4. The van der Waals surface area contributed by atoms with Crippen molar-refractivity contribution in [3.8, 4) is 0 Å². The van der Waals surface area contributed by atoms with Crippen LogP contribution in [0.2, 0.25) is 0 Å². The third kappa shape index (κ3) is 2.85. The lowest BCUT2D eigenvalue weighted by atomic mass is 10.0. The van der Waals surface area contributed by atoms with Gasteiger partial charge >= 0.3 is 0 Å². The van der Waals surface area contributed by atoms with E-state index in [0.717, 1.165) is 4.90 Å². The van der Waals surface area contributed by atoms with E-state index in [2.05, 4.69) is 0 Å². The highest BCUT2D eigenvalue weighted by molar-refractivity contribution is 7.99. The van der Waals surface area contributed by atoms with E-state index in [1.807, 2.05) is 30.3 Å². The average Bonchev–Trinajstić information content (AvgIpc) is 2.40. The van der Waals surface area contributed by atoms with Crippen LogP contribution in [0.15, 0.2) is 35.2 Å². The molecule has 0 aromatic heterocycles. The lowest BCUT2D eigenvalue weighted by molar-refractivity contribution is -0.205. The number of benzene rings is 1. The van der Waals surface area contributed by atoms with Crippen LogP contribution in [0.5, 0.6) is 0 Å². The van der Waals surface area contributed by atoms with Gasteiger partial charge in [-0.25, -0.2) is 0 Å². The van der Waals surface area contributed by atoms with E-state index in [4.69, 9.17) is 9.84 Å². The highest BCUT2D eigenvalue weighted by atomic mass is 32.2. The Labute approximate surface area is 109 Å². The topological polar surface area (TPSA) is 90.2 Å². The molecule has 1 aliphatic rings. The van der Waals surface area contributed by atoms with Crippen LogP contribution in [0.4, 0.5) is 0 Å². The van der Waals surface area contributed by atoms with Crippen molar-refractivity contribution in [1.29, 1.82) is 0 Å². The van der Waals surface area contributed by atoms with Crippen molar-refractivity contribution in [2.45, 2.75) is 34.7 Å². The SMILES string of the molecule is OCC1OC(Sc2ccccc2)C(O)C(O)C1O. The number of ether oxygens (including phenoxy) is 1. The van der Waals surface area contributed by atoms with Crippen LogP contribution in [0, 0.1) is 0 Å². The summed E-state index contributed by atoms with van der Waals surface area (Å²) in [5.41, 5.74) is -0.719. The Kier molecular flexibility index (Phi) is 4.60. The zero-order valence-electron chi connectivity index (χ0n) is 9.59. The molecule has 2 rings (SSSR count). The quantitative estimate of drug-likeness (QED) is 0.597. The molecule has 0 radical (unpaired) electrons. The Bertz CT molecular complexity index is 372. The maximum atomic E-state index is 9.85. The molecular formula is C12H16O5S. The van der Waals surface area contributed by atoms with Crippen LogP contribution in [0.25, 0.3) is 0 Å². The molecule has 1 aliphatic heterocycles. The fourth-order valence-corrected chi connectivity index (χ4v) is 2.88. The Morgan fingerprint density at radius 1 is 1.00 bits per heavy atom. The summed E-state index contributed by atoms with van der Waals surface area (Å²) < 4.78 is 5.39. The summed E-state index contributed by atoms with van der Waals surface area (Å²) in [5.74, 6) is 0. The molecular weight excluding hydrogens is 256 g/mol. The van der Waals surface area contributed by atoms with Crippen molar-refractivity contribution in [2.75, 3.05) is 6.61 Å². The van der Waals surface area contributed by atoms with Gasteiger partial charge in [0.05, 0.1) is 6.61 Å². The van der Waals surface area contributed by atoms with Gasteiger partial charge in [-0.05, 0) is 12.1 Å². The molecule has 1 heterocycles. The highest BCUT2D eigenvalue weighted by Gasteiger charge is 2.43. The summed E-state index contributed by atoms with van der Waals surface area (Å²) >= 11 is 1.24. The molecule has 4 N–H and O–H groups in total. The van der Waals surface area contributed by atoms with E-state index in [1.54, 1.807) is 0 Å². The number of rotatable bonds is 3. The smallest absolute Gasteiger partial charge is 0.136 e. The molecule has 0 spiro atoms. The van der Waals surface area contributed by atoms with Crippen molar-refractivity contribution in [3.05, 3.63) is 30.3 Å². The molecule has 18 heavy (non-hydrogen) atoms. The minimum Gasteiger partial charge on any atom is -0.394 e. The average molecular weight is 272 g/mol. The molecule has 5 nitrogen and oxygen atoms in total. The summed E-state index contributed by atoms with van der Waals surface area (Å²) in [6.45, 7) is -0.406. The van der Waals surface area contributed by atoms with Crippen LogP contribution >= 0.6 is 11.8 Å². The van der Waals surface area contributed by atoms with Gasteiger partial charge in [-0.1, -0.05) is 30.0 Å². The maximum Gasteiger partial charge on any atom is 0.136 e. The van der Waals surface area contributed by atoms with E-state index in [0.29, 0.717) is 0 Å². The summed E-state index contributed by atoms with van der Waals surface area (Å²) in [6, 6.07) is 9.29. The van der Waals surface area contributed by atoms with Crippen molar-refractivity contribution in [1.82, 2.24) is 0 Å². The lowest BCUT2D eigenvalue weighted by Crippen LogP contribution is -2.57. The number of aliphatic hydroxyl groups excluding tert-OH is 4. The summed E-state index contributed by atoms with van der Waals surface area (Å²) in [4.78, 5) is 0.877. The molecule has 1 aromatic rings. The summed E-state index contributed by atoms with van der Waals surface area (Å²) in [5, 5.41) is 38.2. The fourth-order valence-electron chi connectivity index (χ4n) is 1.80. The Morgan fingerprint density at radius 3 is 2.28 bits per heavy atom. The van der Waals surface area contributed by atoms with E-state index < -0.39 is 36.5 Å². The molecule has 5 atom stereocenters. The molecule has 100 valence electrons. The fraction of sp³-hybridized carbons (Fsp3) is 0.500. The van der Waals surface area contributed by atoms with Crippen LogP contribution in [0.3, 0.4) is 0 Å². The first-order valence-corrected chi connectivity index (χ1v) is 6.53. The predicted octanol–water partition coefficient (Wildman–Crippen LogP) is -0.421. The Hall–Kier alpha value is -0.630. The van der Waals surface area contributed by atoms with Crippen LogP contribution < -0.4 is 0 Å².